The summed E-state index contributed by atoms with van der Waals surface area (Å²) in [6.45, 7) is 7.31. The number of ether oxygens (including phenoxy) is 2. The molecule has 4 aromatic rings. The van der Waals surface area contributed by atoms with Crippen LogP contribution in [0.3, 0.4) is 0 Å². The summed E-state index contributed by atoms with van der Waals surface area (Å²) in [4.78, 5) is 19.3. The molecule has 2 aliphatic carbocycles. The van der Waals surface area contributed by atoms with Crippen molar-refractivity contribution < 1.29 is 23.4 Å². The first kappa shape index (κ1) is 32.6. The van der Waals surface area contributed by atoms with Crippen LogP contribution in [0.5, 0.6) is 11.8 Å². The van der Waals surface area contributed by atoms with Gasteiger partial charge in [0.05, 0.1) is 18.1 Å². The molecule has 3 atom stereocenters. The Morgan fingerprint density at radius 3 is 2.67 bits per heavy atom. The van der Waals surface area contributed by atoms with Crippen LogP contribution in [-0.4, -0.2) is 76.5 Å². The fourth-order valence-electron chi connectivity index (χ4n) is 9.52. The van der Waals surface area contributed by atoms with Crippen LogP contribution in [0.2, 0.25) is 0 Å². The summed E-state index contributed by atoms with van der Waals surface area (Å²) in [5, 5.41) is 12.3. The van der Waals surface area contributed by atoms with Gasteiger partial charge in [-0.05, 0) is 105 Å². The Kier molecular flexibility index (Phi) is 8.59. The van der Waals surface area contributed by atoms with Crippen molar-refractivity contribution in [3.05, 3.63) is 47.7 Å². The van der Waals surface area contributed by atoms with E-state index in [1.807, 2.05) is 14.0 Å². The molecule has 4 fully saturated rings. The van der Waals surface area contributed by atoms with Crippen molar-refractivity contribution in [2.75, 3.05) is 38.3 Å². The van der Waals surface area contributed by atoms with Gasteiger partial charge in [-0.2, -0.15) is 9.97 Å². The zero-order valence-corrected chi connectivity index (χ0v) is 28.9. The molecular weight excluding hydrogens is 624 g/mol. The van der Waals surface area contributed by atoms with Crippen LogP contribution in [0.1, 0.15) is 77.2 Å². The Morgan fingerprint density at radius 2 is 1.88 bits per heavy atom. The molecule has 0 radical (unpaired) electrons. The molecule has 2 saturated carbocycles. The molecule has 0 unspecified atom stereocenters. The minimum atomic E-state index is -0.632. The first-order valence-corrected chi connectivity index (χ1v) is 18.3. The summed E-state index contributed by atoms with van der Waals surface area (Å²) in [6.07, 6.45) is 12.4. The largest absolute Gasteiger partial charge is 0.508 e. The van der Waals surface area contributed by atoms with Crippen molar-refractivity contribution in [2.24, 2.45) is 11.3 Å². The number of halogens is 2. The lowest BCUT2D eigenvalue weighted by Crippen LogP contribution is -2.59. The number of fused-ring (bicyclic) bond motifs is 3. The van der Waals surface area contributed by atoms with E-state index >= 15 is 8.78 Å². The number of benzene rings is 2. The molecule has 0 bridgehead atoms. The molecule has 10 heteroatoms. The number of aromatic hydroxyl groups is 1. The van der Waals surface area contributed by atoms with Crippen molar-refractivity contribution in [3.8, 4) is 23.0 Å². The summed E-state index contributed by atoms with van der Waals surface area (Å²) in [5.74, 6) is 0.0592. The highest BCUT2D eigenvalue weighted by atomic mass is 19.1. The predicted octanol–water partition coefficient (Wildman–Crippen LogP) is 7.82. The van der Waals surface area contributed by atoms with Gasteiger partial charge in [-0.3, -0.25) is 9.88 Å². The molecule has 2 aliphatic heterocycles. The number of phenolic OH excluding ortho intramolecular Hbond substituents is 1. The number of rotatable bonds is 8. The number of anilines is 1. The molecule has 8 rings (SSSR count). The van der Waals surface area contributed by atoms with Crippen molar-refractivity contribution in [2.45, 2.75) is 96.2 Å². The topological polar surface area (TPSA) is 83.8 Å². The van der Waals surface area contributed by atoms with Crippen LogP contribution in [-0.2, 0) is 11.2 Å². The predicted molar refractivity (Wildman–Crippen MR) is 187 cm³/mol. The van der Waals surface area contributed by atoms with E-state index in [1.54, 1.807) is 18.3 Å². The average Bonchev–Trinajstić information content (AvgIpc) is 3.52. The lowest BCUT2D eigenvalue weighted by atomic mass is 9.73. The molecule has 8 nitrogen and oxygen atoms in total. The summed E-state index contributed by atoms with van der Waals surface area (Å²) < 4.78 is 44.2. The maximum absolute atomic E-state index is 17.0. The van der Waals surface area contributed by atoms with Crippen molar-refractivity contribution in [1.82, 2.24) is 19.9 Å². The lowest BCUT2D eigenvalue weighted by Gasteiger charge is -2.53. The van der Waals surface area contributed by atoms with Crippen molar-refractivity contribution in [1.29, 1.82) is 0 Å². The quantitative estimate of drug-likeness (QED) is 0.203. The molecule has 4 aliphatic rings. The number of pyridine rings is 1. The van der Waals surface area contributed by atoms with Crippen LogP contribution in [0.15, 0.2) is 30.5 Å². The summed E-state index contributed by atoms with van der Waals surface area (Å²) >= 11 is 0. The lowest BCUT2D eigenvalue weighted by molar-refractivity contribution is -0.0845. The smallest absolute Gasteiger partial charge is 0.319 e. The van der Waals surface area contributed by atoms with Gasteiger partial charge in [0.25, 0.3) is 0 Å². The summed E-state index contributed by atoms with van der Waals surface area (Å²) in [7, 11) is 1.81. The maximum Gasteiger partial charge on any atom is 0.319 e. The number of hydrogen-bond acceptors (Lipinski definition) is 8. The van der Waals surface area contributed by atoms with Gasteiger partial charge >= 0.3 is 6.01 Å². The molecule has 2 aromatic carbocycles. The highest BCUT2D eigenvalue weighted by Gasteiger charge is 2.51. The molecule has 0 spiro atoms. The van der Waals surface area contributed by atoms with E-state index in [2.05, 4.69) is 21.7 Å². The number of nitrogens with zero attached hydrogens (tertiary/aromatic N) is 5. The summed E-state index contributed by atoms with van der Waals surface area (Å²) in [5.41, 5.74) is 0.942. The second kappa shape index (κ2) is 12.9. The first-order valence-electron chi connectivity index (χ1n) is 18.3. The van der Waals surface area contributed by atoms with Gasteiger partial charge in [0, 0.05) is 49.5 Å². The van der Waals surface area contributed by atoms with E-state index in [0.29, 0.717) is 70.2 Å². The standard InChI is InChI=1S/C39H47F2N5O3/c1-4-28-31(40)11-10-24-16-26(47)19-29(33(24)28)35-34(41)36-30(20-42-35)37(45-14-6-8-23(2)21-45)44-38(43-36)49-22-39-12-5-9-32(39)46(15-7-13-39)25-17-27(18-25)48-3/h10-11,16,19-20,23,25,27,32,47H,4-9,12-15,17-18,21-22H2,1-3H3/t23-,25?,27?,32-,39-/m1/s1. The third-order valence-electron chi connectivity index (χ3n) is 12.1. The fourth-order valence-corrected chi connectivity index (χ4v) is 9.52. The number of aryl methyl sites for hydroxylation is 1. The Bertz CT molecular complexity index is 1880. The monoisotopic (exact) mass is 671 g/mol. The SMILES string of the molecule is CCc1c(F)ccc2cc(O)cc(-c3ncc4c(N5CCC[C@@H](C)C5)nc(OC[C@]56CCC[C@H]5N(C5CC(OC)C5)CCC6)nc4c3F)c12. The fraction of sp³-hybridized carbons (Fsp3) is 0.564. The highest BCUT2D eigenvalue weighted by molar-refractivity contribution is 6.01. The molecule has 2 saturated heterocycles. The molecule has 2 aromatic heterocycles. The third-order valence-corrected chi connectivity index (χ3v) is 12.1. The first-order chi connectivity index (χ1) is 23.8. The number of likely N-dealkylation sites (tertiary alicyclic amines) is 1. The summed E-state index contributed by atoms with van der Waals surface area (Å²) in [6, 6.07) is 7.23. The van der Waals surface area contributed by atoms with Crippen LogP contribution in [0.4, 0.5) is 14.6 Å². The van der Waals surface area contributed by atoms with Gasteiger partial charge in [-0.25, -0.2) is 8.78 Å². The van der Waals surface area contributed by atoms with E-state index in [0.717, 1.165) is 71.0 Å². The van der Waals surface area contributed by atoms with Gasteiger partial charge in [0.2, 0.25) is 0 Å². The Labute approximate surface area is 286 Å². The van der Waals surface area contributed by atoms with E-state index in [4.69, 9.17) is 19.4 Å². The maximum atomic E-state index is 17.0. The van der Waals surface area contributed by atoms with Crippen molar-refractivity contribution >= 4 is 27.5 Å². The van der Waals surface area contributed by atoms with Gasteiger partial charge in [0.1, 0.15) is 28.6 Å². The van der Waals surface area contributed by atoms with E-state index < -0.39 is 5.82 Å². The minimum Gasteiger partial charge on any atom is -0.508 e. The van der Waals surface area contributed by atoms with Gasteiger partial charge in [-0.1, -0.05) is 26.3 Å². The van der Waals surface area contributed by atoms with Crippen LogP contribution in [0.25, 0.3) is 32.9 Å². The Morgan fingerprint density at radius 1 is 1.04 bits per heavy atom. The molecule has 1 N–H and O–H groups in total. The minimum absolute atomic E-state index is 0.0115. The highest BCUT2D eigenvalue weighted by Crippen LogP contribution is 2.50. The van der Waals surface area contributed by atoms with Gasteiger partial charge < -0.3 is 19.5 Å². The average molecular weight is 672 g/mol. The number of methoxy groups -OCH3 is 1. The van der Waals surface area contributed by atoms with Crippen molar-refractivity contribution in [3.63, 3.8) is 0 Å². The van der Waals surface area contributed by atoms with Gasteiger partial charge in [0.15, 0.2) is 5.82 Å². The zero-order chi connectivity index (χ0) is 33.9. The van der Waals surface area contributed by atoms with E-state index in [9.17, 15) is 5.11 Å². The Balaban J connectivity index is 1.20. The van der Waals surface area contributed by atoms with Gasteiger partial charge in [-0.15, -0.1) is 0 Å². The number of phenols is 1. The van der Waals surface area contributed by atoms with Crippen LogP contribution in [0, 0.1) is 23.0 Å². The third kappa shape index (κ3) is 5.68. The molecule has 0 amide bonds. The van der Waals surface area contributed by atoms with Crippen LogP contribution >= 0.6 is 0 Å². The Hall–Kier alpha value is -3.63. The molecule has 260 valence electrons. The second-order valence-corrected chi connectivity index (χ2v) is 15.1. The molecular formula is C39H47F2N5O3. The van der Waals surface area contributed by atoms with E-state index in [1.165, 1.54) is 18.6 Å². The normalized spacial score (nSPS) is 27.4. The second-order valence-electron chi connectivity index (χ2n) is 15.1. The zero-order valence-electron chi connectivity index (χ0n) is 28.9. The van der Waals surface area contributed by atoms with E-state index in [-0.39, 0.29) is 34.2 Å². The molecule has 4 heterocycles. The number of aromatic nitrogens is 3. The number of hydrogen-bond donors (Lipinski definition) is 1. The molecule has 49 heavy (non-hydrogen) atoms. The van der Waals surface area contributed by atoms with Crippen LogP contribution < -0.4 is 9.64 Å². The number of piperidine rings is 2.